The van der Waals surface area contributed by atoms with Crippen LogP contribution in [-0.2, 0) is 0 Å². The first kappa shape index (κ1) is 15.1. The van der Waals surface area contributed by atoms with E-state index < -0.39 is 0 Å². The first-order valence-electron chi connectivity index (χ1n) is 8.22. The molecule has 0 amide bonds. The SMILES string of the molecule is CCCCC(CCC)C1CC(CCC)CC1C. The topological polar surface area (TPSA) is 0 Å². The lowest BCUT2D eigenvalue weighted by Gasteiger charge is -2.27. The van der Waals surface area contributed by atoms with Crippen molar-refractivity contribution in [2.45, 2.75) is 85.5 Å². The highest BCUT2D eigenvalue weighted by Crippen LogP contribution is 2.45. The minimum absolute atomic E-state index is 1.000. The Morgan fingerprint density at radius 2 is 1.71 bits per heavy atom. The Bertz CT molecular complexity index is 184. The quantitative estimate of drug-likeness (QED) is 0.482. The predicted octanol–water partition coefficient (Wildman–Crippen LogP) is 6.06. The minimum atomic E-state index is 1.000. The molecule has 1 aliphatic carbocycles. The average Bonchev–Trinajstić information content (AvgIpc) is 2.66. The Morgan fingerprint density at radius 3 is 2.29 bits per heavy atom. The summed E-state index contributed by atoms with van der Waals surface area (Å²) in [6.45, 7) is 9.57. The highest BCUT2D eigenvalue weighted by molar-refractivity contribution is 4.85. The van der Waals surface area contributed by atoms with Crippen LogP contribution in [0.15, 0.2) is 0 Å². The summed E-state index contributed by atoms with van der Waals surface area (Å²) in [5.41, 5.74) is 0. The Kier molecular flexibility index (Phi) is 7.23. The predicted molar refractivity (Wildman–Crippen MR) is 78.2 cm³/mol. The molecule has 1 saturated carbocycles. The Balaban J connectivity index is 2.48. The lowest BCUT2D eigenvalue weighted by molar-refractivity contribution is 0.237. The molecule has 0 radical (unpaired) electrons. The molecule has 4 unspecified atom stereocenters. The van der Waals surface area contributed by atoms with Crippen LogP contribution in [0.3, 0.4) is 0 Å². The molecule has 1 aliphatic rings. The number of hydrogen-bond donors (Lipinski definition) is 0. The van der Waals surface area contributed by atoms with E-state index in [-0.39, 0.29) is 0 Å². The third-order valence-corrected chi connectivity index (χ3v) is 4.93. The molecular formula is C17H34. The highest BCUT2D eigenvalue weighted by atomic mass is 14.4. The van der Waals surface area contributed by atoms with Crippen LogP contribution in [0.25, 0.3) is 0 Å². The van der Waals surface area contributed by atoms with Gasteiger partial charge in [-0.15, -0.1) is 0 Å². The fourth-order valence-corrected chi connectivity index (χ4v) is 4.12. The summed E-state index contributed by atoms with van der Waals surface area (Å²) in [6.07, 6.45) is 13.1. The summed E-state index contributed by atoms with van der Waals surface area (Å²) in [5.74, 6) is 4.15. The monoisotopic (exact) mass is 238 g/mol. The van der Waals surface area contributed by atoms with Gasteiger partial charge in [-0.2, -0.15) is 0 Å². The summed E-state index contributed by atoms with van der Waals surface area (Å²) in [4.78, 5) is 0. The van der Waals surface area contributed by atoms with Crippen LogP contribution in [0.4, 0.5) is 0 Å². The van der Waals surface area contributed by atoms with E-state index in [2.05, 4.69) is 27.7 Å². The van der Waals surface area contributed by atoms with Crippen LogP contribution in [0.5, 0.6) is 0 Å². The van der Waals surface area contributed by atoms with Gasteiger partial charge in [-0.3, -0.25) is 0 Å². The summed E-state index contributed by atoms with van der Waals surface area (Å²) < 4.78 is 0. The minimum Gasteiger partial charge on any atom is -0.0654 e. The molecule has 0 bridgehead atoms. The van der Waals surface area contributed by atoms with Gasteiger partial charge in [-0.05, 0) is 36.5 Å². The molecule has 1 rings (SSSR count). The fraction of sp³-hybridized carbons (Fsp3) is 1.00. The van der Waals surface area contributed by atoms with Crippen molar-refractivity contribution in [3.05, 3.63) is 0 Å². The second-order valence-corrected chi connectivity index (χ2v) is 6.46. The molecule has 0 N–H and O–H groups in total. The van der Waals surface area contributed by atoms with Gasteiger partial charge >= 0.3 is 0 Å². The van der Waals surface area contributed by atoms with E-state index in [0.29, 0.717) is 0 Å². The van der Waals surface area contributed by atoms with Gasteiger partial charge in [0.25, 0.3) is 0 Å². The lowest BCUT2D eigenvalue weighted by atomic mass is 9.79. The molecule has 102 valence electrons. The second kappa shape index (κ2) is 8.16. The second-order valence-electron chi connectivity index (χ2n) is 6.46. The van der Waals surface area contributed by atoms with Crippen molar-refractivity contribution in [3.8, 4) is 0 Å². The Hall–Kier alpha value is 0. The molecule has 17 heavy (non-hydrogen) atoms. The largest absolute Gasteiger partial charge is 0.0654 e. The van der Waals surface area contributed by atoms with E-state index in [1.54, 1.807) is 6.42 Å². The van der Waals surface area contributed by atoms with Crippen molar-refractivity contribution < 1.29 is 0 Å². The van der Waals surface area contributed by atoms with Crippen molar-refractivity contribution in [1.82, 2.24) is 0 Å². The van der Waals surface area contributed by atoms with Gasteiger partial charge in [0, 0.05) is 0 Å². The Labute approximate surface area is 110 Å². The smallest absolute Gasteiger partial charge is 0.0357 e. The molecule has 0 saturated heterocycles. The zero-order valence-corrected chi connectivity index (χ0v) is 12.7. The normalized spacial score (nSPS) is 30.7. The molecule has 0 heterocycles. The molecule has 0 aromatic rings. The van der Waals surface area contributed by atoms with Crippen LogP contribution >= 0.6 is 0 Å². The van der Waals surface area contributed by atoms with E-state index >= 15 is 0 Å². The van der Waals surface area contributed by atoms with Crippen LogP contribution in [-0.4, -0.2) is 0 Å². The summed E-state index contributed by atoms with van der Waals surface area (Å²) >= 11 is 0. The first-order valence-corrected chi connectivity index (χ1v) is 8.22. The van der Waals surface area contributed by atoms with Gasteiger partial charge in [0.05, 0.1) is 0 Å². The van der Waals surface area contributed by atoms with E-state index in [1.807, 2.05) is 0 Å². The number of unbranched alkanes of at least 4 members (excludes halogenated alkanes) is 1. The van der Waals surface area contributed by atoms with E-state index in [0.717, 1.165) is 23.7 Å². The molecular weight excluding hydrogens is 204 g/mol. The summed E-state index contributed by atoms with van der Waals surface area (Å²) in [7, 11) is 0. The van der Waals surface area contributed by atoms with Gasteiger partial charge in [-0.1, -0.05) is 72.6 Å². The Morgan fingerprint density at radius 1 is 0.941 bits per heavy atom. The molecule has 0 spiro atoms. The zero-order chi connectivity index (χ0) is 12.7. The highest BCUT2D eigenvalue weighted by Gasteiger charge is 2.34. The van der Waals surface area contributed by atoms with Crippen LogP contribution in [0.1, 0.15) is 85.5 Å². The lowest BCUT2D eigenvalue weighted by Crippen LogP contribution is -2.17. The van der Waals surface area contributed by atoms with Crippen molar-refractivity contribution in [2.24, 2.45) is 23.7 Å². The maximum absolute atomic E-state index is 2.52. The molecule has 0 heteroatoms. The zero-order valence-electron chi connectivity index (χ0n) is 12.7. The number of hydrogen-bond acceptors (Lipinski definition) is 0. The maximum Gasteiger partial charge on any atom is -0.0357 e. The van der Waals surface area contributed by atoms with Crippen molar-refractivity contribution in [3.63, 3.8) is 0 Å². The molecule has 0 aliphatic heterocycles. The standard InChI is InChI=1S/C17H34/c1-5-8-11-16(10-7-3)17-13-15(9-6-2)12-14(17)4/h14-17H,5-13H2,1-4H3. The van der Waals surface area contributed by atoms with Crippen LogP contribution < -0.4 is 0 Å². The van der Waals surface area contributed by atoms with Gasteiger partial charge in [0.2, 0.25) is 0 Å². The fourth-order valence-electron chi connectivity index (χ4n) is 4.12. The van der Waals surface area contributed by atoms with E-state index in [1.165, 1.54) is 51.4 Å². The van der Waals surface area contributed by atoms with Gasteiger partial charge in [-0.25, -0.2) is 0 Å². The maximum atomic E-state index is 2.52. The van der Waals surface area contributed by atoms with Gasteiger partial charge in [0.15, 0.2) is 0 Å². The van der Waals surface area contributed by atoms with Crippen molar-refractivity contribution in [2.75, 3.05) is 0 Å². The van der Waals surface area contributed by atoms with E-state index in [4.69, 9.17) is 0 Å². The average molecular weight is 238 g/mol. The van der Waals surface area contributed by atoms with E-state index in [9.17, 15) is 0 Å². The summed E-state index contributed by atoms with van der Waals surface area (Å²) in [5, 5.41) is 0. The van der Waals surface area contributed by atoms with Crippen LogP contribution in [0.2, 0.25) is 0 Å². The third kappa shape index (κ3) is 4.64. The van der Waals surface area contributed by atoms with Crippen molar-refractivity contribution in [1.29, 1.82) is 0 Å². The molecule has 0 nitrogen and oxygen atoms in total. The van der Waals surface area contributed by atoms with Gasteiger partial charge in [0.1, 0.15) is 0 Å². The molecule has 4 atom stereocenters. The summed E-state index contributed by atoms with van der Waals surface area (Å²) in [6, 6.07) is 0. The third-order valence-electron chi connectivity index (χ3n) is 4.93. The first-order chi connectivity index (χ1) is 8.22. The molecule has 0 aromatic heterocycles. The van der Waals surface area contributed by atoms with Crippen LogP contribution in [0, 0.1) is 23.7 Å². The molecule has 1 fully saturated rings. The van der Waals surface area contributed by atoms with Crippen molar-refractivity contribution >= 4 is 0 Å². The molecule has 0 aromatic carbocycles. The number of rotatable bonds is 8. The van der Waals surface area contributed by atoms with Gasteiger partial charge < -0.3 is 0 Å².